The maximum Gasteiger partial charge on any atom is 0.269 e. The zero-order chi connectivity index (χ0) is 19.2. The molecule has 0 saturated heterocycles. The van der Waals surface area contributed by atoms with Crippen molar-refractivity contribution in [3.8, 4) is 0 Å². The highest BCUT2D eigenvalue weighted by atomic mass is 32.2. The minimum absolute atomic E-state index is 0.0640. The molecule has 0 atom stereocenters. The molecule has 1 aromatic heterocycles. The minimum atomic E-state index is -0.424. The van der Waals surface area contributed by atoms with Gasteiger partial charge in [0.2, 0.25) is 5.91 Å². The Morgan fingerprint density at radius 1 is 1.15 bits per heavy atom. The van der Waals surface area contributed by atoms with E-state index >= 15 is 0 Å². The summed E-state index contributed by atoms with van der Waals surface area (Å²) in [5, 5.41) is 22.4. The number of thioether (sulfide) groups is 1. The number of aromatic nitrogens is 3. The molecule has 1 N–H and O–H groups in total. The summed E-state index contributed by atoms with van der Waals surface area (Å²) in [5.41, 5.74) is 1.74. The number of hydrogen-bond acceptors (Lipinski definition) is 6. The van der Waals surface area contributed by atoms with Crippen LogP contribution in [-0.4, -0.2) is 25.6 Å². The number of amides is 1. The van der Waals surface area contributed by atoms with Crippen LogP contribution in [0.4, 0.5) is 11.4 Å². The maximum absolute atomic E-state index is 12.2. The summed E-state index contributed by atoms with van der Waals surface area (Å²) in [6, 6.07) is 15.6. The summed E-state index contributed by atoms with van der Waals surface area (Å²) in [6.07, 6.45) is 0.122. The van der Waals surface area contributed by atoms with E-state index in [1.807, 2.05) is 37.4 Å². The molecular formula is C18H17N5O3S. The Kier molecular flexibility index (Phi) is 5.82. The molecule has 0 saturated carbocycles. The van der Waals surface area contributed by atoms with Gasteiger partial charge in [0.25, 0.3) is 5.69 Å². The lowest BCUT2D eigenvalue weighted by Crippen LogP contribution is -2.16. The molecule has 0 aliphatic heterocycles. The Labute approximate surface area is 159 Å². The molecule has 1 amide bonds. The van der Waals surface area contributed by atoms with Crippen LogP contribution in [0.5, 0.6) is 0 Å². The first kappa shape index (κ1) is 18.6. The molecule has 2 aromatic carbocycles. The molecule has 8 nitrogen and oxygen atoms in total. The van der Waals surface area contributed by atoms with Gasteiger partial charge in [-0.3, -0.25) is 14.9 Å². The van der Waals surface area contributed by atoms with Crippen molar-refractivity contribution in [3.63, 3.8) is 0 Å². The lowest BCUT2D eigenvalue weighted by Gasteiger charge is -2.06. The van der Waals surface area contributed by atoms with Crippen molar-refractivity contribution < 1.29 is 9.72 Å². The maximum atomic E-state index is 12.2. The summed E-state index contributed by atoms with van der Waals surface area (Å²) in [5.74, 6) is 0.999. The number of anilines is 1. The van der Waals surface area contributed by atoms with Crippen molar-refractivity contribution in [2.24, 2.45) is 7.05 Å². The summed E-state index contributed by atoms with van der Waals surface area (Å²) in [7, 11) is 1.81. The summed E-state index contributed by atoms with van der Waals surface area (Å²) < 4.78 is 1.78. The summed E-state index contributed by atoms with van der Waals surface area (Å²) in [6.45, 7) is 0. The van der Waals surface area contributed by atoms with E-state index < -0.39 is 4.92 Å². The quantitative estimate of drug-likeness (QED) is 0.382. The van der Waals surface area contributed by atoms with Gasteiger partial charge in [0.05, 0.1) is 11.3 Å². The van der Waals surface area contributed by atoms with E-state index in [9.17, 15) is 14.9 Å². The number of hydrogen-bond donors (Lipinski definition) is 1. The Morgan fingerprint density at radius 2 is 1.85 bits per heavy atom. The summed E-state index contributed by atoms with van der Waals surface area (Å²) in [4.78, 5) is 22.4. The van der Waals surface area contributed by atoms with Gasteiger partial charge in [-0.25, -0.2) is 0 Å². The predicted octanol–water partition coefficient (Wildman–Crippen LogP) is 3.20. The molecule has 0 aliphatic rings. The van der Waals surface area contributed by atoms with Crippen molar-refractivity contribution >= 4 is 29.0 Å². The van der Waals surface area contributed by atoms with Crippen LogP contribution in [0.1, 0.15) is 11.4 Å². The Hall–Kier alpha value is -3.20. The molecule has 0 fully saturated rings. The number of carbonyl (C=O) groups excluding carboxylic acids is 1. The molecular weight excluding hydrogens is 366 g/mol. The SMILES string of the molecule is Cn1c(CC(=O)Nc2ccccc2)nnc1SCc1ccc([N+](=O)[O-])cc1. The average Bonchev–Trinajstić information content (AvgIpc) is 3.01. The predicted molar refractivity (Wildman–Crippen MR) is 102 cm³/mol. The molecule has 138 valence electrons. The Morgan fingerprint density at radius 3 is 2.52 bits per heavy atom. The van der Waals surface area contributed by atoms with Gasteiger partial charge in [-0.1, -0.05) is 42.1 Å². The van der Waals surface area contributed by atoms with Crippen molar-refractivity contribution in [2.45, 2.75) is 17.3 Å². The van der Waals surface area contributed by atoms with Gasteiger partial charge in [-0.05, 0) is 17.7 Å². The number of non-ortho nitro benzene ring substituents is 1. The second-order valence-electron chi connectivity index (χ2n) is 5.76. The highest BCUT2D eigenvalue weighted by Gasteiger charge is 2.14. The van der Waals surface area contributed by atoms with Crippen molar-refractivity contribution in [1.29, 1.82) is 0 Å². The Balaban J connectivity index is 1.58. The zero-order valence-corrected chi connectivity index (χ0v) is 15.3. The smallest absolute Gasteiger partial charge is 0.269 e. The van der Waals surface area contributed by atoms with Gasteiger partial charge < -0.3 is 9.88 Å². The normalized spacial score (nSPS) is 10.6. The number of carbonyl (C=O) groups is 1. The van der Waals surface area contributed by atoms with Crippen LogP contribution < -0.4 is 5.32 Å². The highest BCUT2D eigenvalue weighted by Crippen LogP contribution is 2.22. The van der Waals surface area contributed by atoms with Gasteiger partial charge in [0.15, 0.2) is 5.16 Å². The van der Waals surface area contributed by atoms with Crippen LogP contribution in [0.25, 0.3) is 0 Å². The van der Waals surface area contributed by atoms with Crippen molar-refractivity contribution in [2.75, 3.05) is 5.32 Å². The number of rotatable bonds is 7. The second kappa shape index (κ2) is 8.45. The molecule has 0 unspecified atom stereocenters. The van der Waals surface area contributed by atoms with E-state index in [2.05, 4.69) is 15.5 Å². The van der Waals surface area contributed by atoms with Crippen LogP contribution in [0.15, 0.2) is 59.8 Å². The van der Waals surface area contributed by atoms with Crippen LogP contribution in [-0.2, 0) is 24.0 Å². The number of nitro benzene ring substituents is 1. The second-order valence-corrected chi connectivity index (χ2v) is 6.70. The standard InChI is InChI=1S/C18H17N5O3S/c1-22-16(11-17(24)19-14-5-3-2-4-6-14)20-21-18(22)27-12-13-7-9-15(10-8-13)23(25)26/h2-10H,11-12H2,1H3,(H,19,24). The first-order chi connectivity index (χ1) is 13.0. The van der Waals surface area contributed by atoms with Crippen LogP contribution >= 0.6 is 11.8 Å². The van der Waals surface area contributed by atoms with Crippen molar-refractivity contribution in [1.82, 2.24) is 14.8 Å². The van der Waals surface area contributed by atoms with Crippen LogP contribution in [0.2, 0.25) is 0 Å². The third kappa shape index (κ3) is 4.91. The number of nitrogens with one attached hydrogen (secondary N) is 1. The molecule has 0 spiro atoms. The van der Waals surface area contributed by atoms with Crippen LogP contribution in [0.3, 0.4) is 0 Å². The number of nitrogens with zero attached hydrogens (tertiary/aromatic N) is 4. The molecule has 3 aromatic rings. The molecule has 1 heterocycles. The van der Waals surface area contributed by atoms with E-state index in [1.165, 1.54) is 23.9 Å². The lowest BCUT2D eigenvalue weighted by molar-refractivity contribution is -0.384. The number of benzene rings is 2. The van der Waals surface area contributed by atoms with Crippen molar-refractivity contribution in [3.05, 3.63) is 76.1 Å². The minimum Gasteiger partial charge on any atom is -0.326 e. The first-order valence-electron chi connectivity index (χ1n) is 8.12. The van der Waals surface area contributed by atoms with Gasteiger partial charge in [-0.2, -0.15) is 0 Å². The topological polar surface area (TPSA) is 103 Å². The Bertz CT molecular complexity index is 941. The monoisotopic (exact) mass is 383 g/mol. The van der Waals surface area contributed by atoms with Gasteiger partial charge in [0.1, 0.15) is 5.82 Å². The molecule has 0 aliphatic carbocycles. The van der Waals surface area contributed by atoms with E-state index in [-0.39, 0.29) is 18.0 Å². The molecule has 0 radical (unpaired) electrons. The fraction of sp³-hybridized carbons (Fsp3) is 0.167. The fourth-order valence-corrected chi connectivity index (χ4v) is 3.24. The van der Waals surface area contributed by atoms with Gasteiger partial charge in [-0.15, -0.1) is 10.2 Å². The molecule has 9 heteroatoms. The molecule has 3 rings (SSSR count). The fourth-order valence-electron chi connectivity index (χ4n) is 2.36. The first-order valence-corrected chi connectivity index (χ1v) is 9.11. The zero-order valence-electron chi connectivity index (χ0n) is 14.5. The molecule has 27 heavy (non-hydrogen) atoms. The van der Waals surface area contributed by atoms with E-state index in [0.717, 1.165) is 11.3 Å². The van der Waals surface area contributed by atoms with Crippen LogP contribution in [0, 0.1) is 10.1 Å². The number of para-hydroxylation sites is 1. The van der Waals surface area contributed by atoms with E-state index in [1.54, 1.807) is 16.7 Å². The van der Waals surface area contributed by atoms with E-state index in [0.29, 0.717) is 16.7 Å². The third-order valence-corrected chi connectivity index (χ3v) is 4.91. The molecule has 0 bridgehead atoms. The number of nitro groups is 1. The van der Waals surface area contributed by atoms with E-state index in [4.69, 9.17) is 0 Å². The third-order valence-electron chi connectivity index (χ3n) is 3.82. The largest absolute Gasteiger partial charge is 0.326 e. The average molecular weight is 383 g/mol. The highest BCUT2D eigenvalue weighted by molar-refractivity contribution is 7.98. The summed E-state index contributed by atoms with van der Waals surface area (Å²) >= 11 is 1.45. The van der Waals surface area contributed by atoms with Gasteiger partial charge >= 0.3 is 0 Å². The lowest BCUT2D eigenvalue weighted by atomic mass is 10.2. The van der Waals surface area contributed by atoms with Gasteiger partial charge in [0, 0.05) is 30.6 Å².